The van der Waals surface area contributed by atoms with Crippen molar-refractivity contribution in [1.29, 1.82) is 0 Å². The highest BCUT2D eigenvalue weighted by molar-refractivity contribution is 5.94. The van der Waals surface area contributed by atoms with E-state index in [1.54, 1.807) is 12.1 Å². The SMILES string of the molecule is [O-][n+]1ccc(-c2n[nH]c3ccc(NCO)cc23)cc1. The second kappa shape index (κ2) is 4.58. The van der Waals surface area contributed by atoms with Gasteiger partial charge in [-0.25, -0.2) is 0 Å². The number of hydrogen-bond donors (Lipinski definition) is 3. The van der Waals surface area contributed by atoms with Crippen LogP contribution in [0.5, 0.6) is 0 Å². The first kappa shape index (κ1) is 11.5. The van der Waals surface area contributed by atoms with Crippen molar-refractivity contribution in [2.45, 2.75) is 0 Å². The lowest BCUT2D eigenvalue weighted by molar-refractivity contribution is -0.605. The number of nitrogens with one attached hydrogen (secondary N) is 2. The van der Waals surface area contributed by atoms with E-state index in [1.807, 2.05) is 18.2 Å². The average molecular weight is 256 g/mol. The number of H-pyrrole nitrogens is 1. The Balaban J connectivity index is 2.12. The molecule has 0 radical (unpaired) electrons. The van der Waals surface area contributed by atoms with Gasteiger partial charge in [0.2, 0.25) is 0 Å². The summed E-state index contributed by atoms with van der Waals surface area (Å²) in [6.07, 6.45) is 2.87. The first-order valence-corrected chi connectivity index (χ1v) is 5.80. The molecule has 96 valence electrons. The van der Waals surface area contributed by atoms with Crippen molar-refractivity contribution in [2.75, 3.05) is 12.0 Å². The molecule has 3 rings (SSSR count). The maximum Gasteiger partial charge on any atom is 0.181 e. The lowest BCUT2D eigenvalue weighted by Gasteiger charge is -2.03. The van der Waals surface area contributed by atoms with Gasteiger partial charge in [0.05, 0.1) is 5.52 Å². The Morgan fingerprint density at radius 1 is 1.26 bits per heavy atom. The third-order valence-corrected chi connectivity index (χ3v) is 2.92. The molecule has 0 aliphatic rings. The number of fused-ring (bicyclic) bond motifs is 1. The molecule has 0 amide bonds. The Labute approximate surface area is 108 Å². The summed E-state index contributed by atoms with van der Waals surface area (Å²) in [4.78, 5) is 0. The van der Waals surface area contributed by atoms with Crippen molar-refractivity contribution in [2.24, 2.45) is 0 Å². The lowest BCUT2D eigenvalue weighted by Crippen LogP contribution is -2.23. The van der Waals surface area contributed by atoms with Crippen molar-refractivity contribution < 1.29 is 9.84 Å². The maximum atomic E-state index is 11.0. The third kappa shape index (κ3) is 2.09. The number of aromatic amines is 1. The zero-order valence-electron chi connectivity index (χ0n) is 10.00. The molecule has 0 bridgehead atoms. The van der Waals surface area contributed by atoms with Gasteiger partial charge >= 0.3 is 0 Å². The van der Waals surface area contributed by atoms with Gasteiger partial charge in [0.25, 0.3) is 0 Å². The van der Waals surface area contributed by atoms with E-state index in [1.165, 1.54) is 12.4 Å². The number of aliphatic hydroxyl groups is 1. The Morgan fingerprint density at radius 3 is 2.79 bits per heavy atom. The molecule has 0 unspecified atom stereocenters. The molecule has 6 heteroatoms. The Bertz CT molecular complexity index is 706. The minimum absolute atomic E-state index is 0.125. The summed E-state index contributed by atoms with van der Waals surface area (Å²) in [6.45, 7) is -0.125. The molecule has 0 atom stereocenters. The first-order valence-electron chi connectivity index (χ1n) is 5.80. The molecule has 19 heavy (non-hydrogen) atoms. The second-order valence-electron chi connectivity index (χ2n) is 4.11. The zero-order valence-corrected chi connectivity index (χ0v) is 10.00. The summed E-state index contributed by atoms with van der Waals surface area (Å²) in [5.74, 6) is 0. The molecule has 0 spiro atoms. The van der Waals surface area contributed by atoms with Crippen LogP contribution in [0.25, 0.3) is 22.2 Å². The standard InChI is InChI=1S/C13H12N4O2/c18-8-14-10-1-2-12-11(7-10)13(16-15-12)9-3-5-17(19)6-4-9/h1-7,14,18H,8H2,(H,15,16). The number of hydrogen-bond acceptors (Lipinski definition) is 4. The van der Waals surface area contributed by atoms with Crippen LogP contribution >= 0.6 is 0 Å². The molecule has 0 saturated heterocycles. The molecule has 1 aromatic carbocycles. The monoisotopic (exact) mass is 256 g/mol. The highest BCUT2D eigenvalue weighted by Gasteiger charge is 2.09. The van der Waals surface area contributed by atoms with Crippen LogP contribution in [0.15, 0.2) is 42.7 Å². The van der Waals surface area contributed by atoms with E-state index >= 15 is 0 Å². The van der Waals surface area contributed by atoms with E-state index in [-0.39, 0.29) is 6.73 Å². The smallest absolute Gasteiger partial charge is 0.181 e. The quantitative estimate of drug-likeness (QED) is 0.373. The Hall–Kier alpha value is -2.60. The topological polar surface area (TPSA) is 87.9 Å². The van der Waals surface area contributed by atoms with Gasteiger partial charge in [0.1, 0.15) is 12.4 Å². The summed E-state index contributed by atoms with van der Waals surface area (Å²) in [6, 6.07) is 9.09. The molecular formula is C13H12N4O2. The molecule has 6 nitrogen and oxygen atoms in total. The van der Waals surface area contributed by atoms with Crippen LogP contribution in [0, 0.1) is 5.21 Å². The van der Waals surface area contributed by atoms with Gasteiger partial charge in [-0.3, -0.25) is 5.10 Å². The molecule has 2 aromatic heterocycles. The molecule has 2 heterocycles. The van der Waals surface area contributed by atoms with Crippen molar-refractivity contribution in [1.82, 2.24) is 10.2 Å². The van der Waals surface area contributed by atoms with Gasteiger partial charge in [-0.2, -0.15) is 9.83 Å². The van der Waals surface area contributed by atoms with Crippen molar-refractivity contribution >= 4 is 16.6 Å². The summed E-state index contributed by atoms with van der Waals surface area (Å²) < 4.78 is 0.733. The van der Waals surface area contributed by atoms with E-state index < -0.39 is 0 Å². The summed E-state index contributed by atoms with van der Waals surface area (Å²) >= 11 is 0. The summed E-state index contributed by atoms with van der Waals surface area (Å²) in [5.41, 5.74) is 3.35. The average Bonchev–Trinajstić information content (AvgIpc) is 2.83. The van der Waals surface area contributed by atoms with Crippen molar-refractivity contribution in [3.8, 4) is 11.3 Å². The Morgan fingerprint density at radius 2 is 2.05 bits per heavy atom. The van der Waals surface area contributed by atoms with Crippen molar-refractivity contribution in [3.05, 3.63) is 47.9 Å². The van der Waals surface area contributed by atoms with Crippen LogP contribution in [-0.2, 0) is 0 Å². The fourth-order valence-electron chi connectivity index (χ4n) is 2.01. The van der Waals surface area contributed by atoms with E-state index in [0.29, 0.717) is 0 Å². The number of pyridine rings is 1. The fraction of sp³-hybridized carbons (Fsp3) is 0.0769. The van der Waals surface area contributed by atoms with Gasteiger partial charge in [-0.05, 0) is 18.2 Å². The number of aromatic nitrogens is 3. The summed E-state index contributed by atoms with van der Waals surface area (Å²) in [5, 5.41) is 30.9. The number of rotatable bonds is 3. The zero-order chi connectivity index (χ0) is 13.2. The number of benzene rings is 1. The third-order valence-electron chi connectivity index (χ3n) is 2.92. The first-order chi connectivity index (χ1) is 9.28. The van der Waals surface area contributed by atoms with Gasteiger partial charge in [-0.15, -0.1) is 0 Å². The predicted octanol–water partition coefficient (Wildman–Crippen LogP) is 1.22. The van der Waals surface area contributed by atoms with Gasteiger partial charge < -0.3 is 15.6 Å². The molecule has 3 aromatic rings. The molecule has 0 aliphatic carbocycles. The fourth-order valence-corrected chi connectivity index (χ4v) is 2.01. The van der Waals surface area contributed by atoms with Gasteiger partial charge in [0.15, 0.2) is 12.4 Å². The molecular weight excluding hydrogens is 244 g/mol. The van der Waals surface area contributed by atoms with Gasteiger partial charge in [0, 0.05) is 28.8 Å². The Kier molecular flexibility index (Phi) is 2.77. The number of anilines is 1. The molecule has 3 N–H and O–H groups in total. The highest BCUT2D eigenvalue weighted by atomic mass is 16.5. The lowest BCUT2D eigenvalue weighted by atomic mass is 10.1. The van der Waals surface area contributed by atoms with E-state index in [4.69, 9.17) is 5.11 Å². The largest absolute Gasteiger partial charge is 0.619 e. The summed E-state index contributed by atoms with van der Waals surface area (Å²) in [7, 11) is 0. The second-order valence-corrected chi connectivity index (χ2v) is 4.11. The van der Waals surface area contributed by atoms with E-state index in [0.717, 1.165) is 32.6 Å². The van der Waals surface area contributed by atoms with Crippen LogP contribution in [0.4, 0.5) is 5.69 Å². The molecule has 0 fully saturated rings. The van der Waals surface area contributed by atoms with Gasteiger partial charge in [-0.1, -0.05) is 0 Å². The number of aliphatic hydroxyl groups excluding tert-OH is 1. The molecule has 0 saturated carbocycles. The minimum atomic E-state index is -0.125. The van der Waals surface area contributed by atoms with E-state index in [9.17, 15) is 5.21 Å². The van der Waals surface area contributed by atoms with Crippen LogP contribution < -0.4 is 10.0 Å². The number of nitrogens with zero attached hydrogens (tertiary/aromatic N) is 2. The molecule has 0 aliphatic heterocycles. The van der Waals surface area contributed by atoms with Crippen LogP contribution in [0.1, 0.15) is 0 Å². The normalized spacial score (nSPS) is 10.8. The highest BCUT2D eigenvalue weighted by Crippen LogP contribution is 2.27. The maximum absolute atomic E-state index is 11.0. The van der Waals surface area contributed by atoms with E-state index in [2.05, 4.69) is 15.5 Å². The minimum Gasteiger partial charge on any atom is -0.619 e. The van der Waals surface area contributed by atoms with Crippen LogP contribution in [0.3, 0.4) is 0 Å². The van der Waals surface area contributed by atoms with Crippen molar-refractivity contribution in [3.63, 3.8) is 0 Å². The predicted molar refractivity (Wildman–Crippen MR) is 71.2 cm³/mol. The van der Waals surface area contributed by atoms with Crippen LogP contribution in [-0.4, -0.2) is 22.0 Å². The van der Waals surface area contributed by atoms with Crippen LogP contribution in [0.2, 0.25) is 0 Å².